The van der Waals surface area contributed by atoms with Crippen molar-refractivity contribution in [3.05, 3.63) is 24.6 Å². The molecule has 0 fully saturated rings. The van der Waals surface area contributed by atoms with Gasteiger partial charge in [0.05, 0.1) is 11.6 Å². The summed E-state index contributed by atoms with van der Waals surface area (Å²) in [6.45, 7) is 0.929. The highest BCUT2D eigenvalue weighted by Crippen LogP contribution is 2.21. The van der Waals surface area contributed by atoms with Crippen LogP contribution in [0.2, 0.25) is 0 Å². The van der Waals surface area contributed by atoms with E-state index < -0.39 is 0 Å². The molecule has 0 aliphatic rings. The summed E-state index contributed by atoms with van der Waals surface area (Å²) in [5, 5.41) is 4.33. The lowest BCUT2D eigenvalue weighted by atomic mass is 10.3. The van der Waals surface area contributed by atoms with Crippen molar-refractivity contribution in [2.45, 2.75) is 0 Å². The lowest BCUT2D eigenvalue weighted by Gasteiger charge is -2.04. The molecule has 74 valence electrons. The molecule has 0 atom stereocenters. The Morgan fingerprint density at radius 2 is 2.43 bits per heavy atom. The number of furan rings is 1. The molecule has 0 spiro atoms. The molecule has 0 amide bonds. The normalized spacial score (nSPS) is 10.6. The number of pyridine rings is 1. The van der Waals surface area contributed by atoms with Gasteiger partial charge in [0.25, 0.3) is 0 Å². The highest BCUT2D eigenvalue weighted by molar-refractivity contribution is 7.98. The van der Waals surface area contributed by atoms with Crippen molar-refractivity contribution in [3.63, 3.8) is 0 Å². The van der Waals surface area contributed by atoms with Gasteiger partial charge in [-0.15, -0.1) is 0 Å². The van der Waals surface area contributed by atoms with Gasteiger partial charge in [0.1, 0.15) is 11.4 Å². The molecule has 1 N–H and O–H groups in total. The largest absolute Gasteiger partial charge is 0.464 e. The summed E-state index contributed by atoms with van der Waals surface area (Å²) in [5.74, 6) is 1.99. The molecule has 0 bridgehead atoms. The summed E-state index contributed by atoms with van der Waals surface area (Å²) in [6, 6.07) is 3.80. The van der Waals surface area contributed by atoms with Crippen LogP contribution in [0, 0.1) is 0 Å². The Hall–Kier alpha value is -1.16. The molecule has 2 aromatic heterocycles. The standard InChI is InChI=1S/C10H12N2OS/c1-14-7-5-12-10-8-3-6-13-9(8)2-4-11-10/h2-4,6H,5,7H2,1H3,(H,11,12). The summed E-state index contributed by atoms with van der Waals surface area (Å²) >= 11 is 1.81. The van der Waals surface area contributed by atoms with Crippen molar-refractivity contribution in [1.29, 1.82) is 0 Å². The lowest BCUT2D eigenvalue weighted by Crippen LogP contribution is -2.05. The van der Waals surface area contributed by atoms with Crippen LogP contribution in [-0.4, -0.2) is 23.5 Å². The number of thioether (sulfide) groups is 1. The number of rotatable bonds is 4. The van der Waals surface area contributed by atoms with Crippen LogP contribution < -0.4 is 5.32 Å². The van der Waals surface area contributed by atoms with Gasteiger partial charge in [0.2, 0.25) is 0 Å². The van der Waals surface area contributed by atoms with E-state index in [0.717, 1.165) is 29.1 Å². The van der Waals surface area contributed by atoms with Crippen molar-refractivity contribution >= 4 is 28.5 Å². The highest BCUT2D eigenvalue weighted by atomic mass is 32.2. The average molecular weight is 208 g/mol. The van der Waals surface area contributed by atoms with Crippen LogP contribution in [0.1, 0.15) is 0 Å². The van der Waals surface area contributed by atoms with Crippen LogP contribution in [0.4, 0.5) is 5.82 Å². The highest BCUT2D eigenvalue weighted by Gasteiger charge is 2.02. The zero-order valence-electron chi connectivity index (χ0n) is 7.99. The van der Waals surface area contributed by atoms with Crippen molar-refractivity contribution in [2.75, 3.05) is 23.9 Å². The number of hydrogen-bond donors (Lipinski definition) is 1. The molecular weight excluding hydrogens is 196 g/mol. The maximum Gasteiger partial charge on any atom is 0.139 e. The Morgan fingerprint density at radius 3 is 3.29 bits per heavy atom. The minimum absolute atomic E-state index is 0.881. The minimum atomic E-state index is 0.881. The number of nitrogens with zero attached hydrogens (tertiary/aromatic N) is 1. The minimum Gasteiger partial charge on any atom is -0.464 e. The molecule has 2 aromatic rings. The van der Waals surface area contributed by atoms with Crippen molar-refractivity contribution in [1.82, 2.24) is 4.98 Å². The third-order valence-corrected chi connectivity index (χ3v) is 2.59. The molecule has 14 heavy (non-hydrogen) atoms. The fourth-order valence-corrected chi connectivity index (χ4v) is 1.61. The first kappa shape index (κ1) is 9.40. The van der Waals surface area contributed by atoms with E-state index >= 15 is 0 Å². The fraction of sp³-hybridized carbons (Fsp3) is 0.300. The number of anilines is 1. The first-order valence-corrected chi connectivity index (χ1v) is 5.86. The van der Waals surface area contributed by atoms with Crippen LogP contribution in [0.3, 0.4) is 0 Å². The molecule has 0 saturated carbocycles. The second-order valence-corrected chi connectivity index (χ2v) is 3.90. The van der Waals surface area contributed by atoms with Gasteiger partial charge in [0, 0.05) is 18.5 Å². The number of fused-ring (bicyclic) bond motifs is 1. The third-order valence-electron chi connectivity index (χ3n) is 1.98. The second kappa shape index (κ2) is 4.37. The Labute approximate surface area is 86.9 Å². The molecule has 4 heteroatoms. The summed E-state index contributed by atoms with van der Waals surface area (Å²) in [7, 11) is 0. The monoisotopic (exact) mass is 208 g/mol. The Morgan fingerprint density at radius 1 is 1.50 bits per heavy atom. The molecule has 0 saturated heterocycles. The number of nitrogens with one attached hydrogen (secondary N) is 1. The summed E-state index contributed by atoms with van der Waals surface area (Å²) in [4.78, 5) is 4.27. The third kappa shape index (κ3) is 1.85. The van der Waals surface area contributed by atoms with E-state index in [9.17, 15) is 0 Å². The van der Waals surface area contributed by atoms with E-state index in [-0.39, 0.29) is 0 Å². The quantitative estimate of drug-likeness (QED) is 0.784. The van der Waals surface area contributed by atoms with Crippen LogP contribution in [0.5, 0.6) is 0 Å². The van der Waals surface area contributed by atoms with E-state index in [1.165, 1.54) is 0 Å². The predicted octanol–water partition coefficient (Wildman–Crippen LogP) is 2.60. The fourth-order valence-electron chi connectivity index (χ4n) is 1.31. The molecule has 0 aromatic carbocycles. The molecule has 0 radical (unpaired) electrons. The maximum atomic E-state index is 5.28. The van der Waals surface area contributed by atoms with Gasteiger partial charge in [-0.05, 0) is 18.4 Å². The maximum absolute atomic E-state index is 5.28. The van der Waals surface area contributed by atoms with E-state index in [1.54, 1.807) is 12.5 Å². The topological polar surface area (TPSA) is 38.1 Å². The van der Waals surface area contributed by atoms with Gasteiger partial charge in [0.15, 0.2) is 0 Å². The molecule has 0 aliphatic carbocycles. The molecule has 0 aliphatic heterocycles. The smallest absolute Gasteiger partial charge is 0.139 e. The molecule has 3 nitrogen and oxygen atoms in total. The number of hydrogen-bond acceptors (Lipinski definition) is 4. The van der Waals surface area contributed by atoms with E-state index in [4.69, 9.17) is 4.42 Å². The van der Waals surface area contributed by atoms with Gasteiger partial charge < -0.3 is 9.73 Å². The van der Waals surface area contributed by atoms with Crippen LogP contribution >= 0.6 is 11.8 Å². The Balaban J connectivity index is 2.19. The average Bonchev–Trinajstić information content (AvgIpc) is 2.67. The van der Waals surface area contributed by atoms with Gasteiger partial charge in [-0.1, -0.05) is 0 Å². The molecule has 2 heterocycles. The van der Waals surface area contributed by atoms with Crippen LogP contribution in [-0.2, 0) is 0 Å². The zero-order chi connectivity index (χ0) is 9.80. The van der Waals surface area contributed by atoms with E-state index in [1.807, 2.05) is 23.9 Å². The van der Waals surface area contributed by atoms with Gasteiger partial charge in [-0.25, -0.2) is 4.98 Å². The van der Waals surface area contributed by atoms with E-state index in [2.05, 4.69) is 16.6 Å². The summed E-state index contributed by atoms with van der Waals surface area (Å²) in [6.07, 6.45) is 5.53. The second-order valence-electron chi connectivity index (χ2n) is 2.91. The first-order valence-electron chi connectivity index (χ1n) is 4.47. The first-order chi connectivity index (χ1) is 6.92. The molecular formula is C10H12N2OS. The van der Waals surface area contributed by atoms with Gasteiger partial charge >= 0.3 is 0 Å². The zero-order valence-corrected chi connectivity index (χ0v) is 8.80. The summed E-state index contributed by atoms with van der Waals surface area (Å²) < 4.78 is 5.28. The lowest BCUT2D eigenvalue weighted by molar-refractivity contribution is 0.615. The van der Waals surface area contributed by atoms with Crippen molar-refractivity contribution < 1.29 is 4.42 Å². The Bertz CT molecular complexity index is 413. The predicted molar refractivity (Wildman–Crippen MR) is 60.9 cm³/mol. The van der Waals surface area contributed by atoms with Crippen LogP contribution in [0.25, 0.3) is 11.0 Å². The van der Waals surface area contributed by atoms with Crippen LogP contribution in [0.15, 0.2) is 29.0 Å². The Kier molecular flexibility index (Phi) is 2.93. The SMILES string of the molecule is CSCCNc1nccc2occc12. The van der Waals surface area contributed by atoms with Crippen molar-refractivity contribution in [2.24, 2.45) is 0 Å². The molecule has 2 rings (SSSR count). The number of aromatic nitrogens is 1. The van der Waals surface area contributed by atoms with Crippen molar-refractivity contribution in [3.8, 4) is 0 Å². The molecule has 0 unspecified atom stereocenters. The van der Waals surface area contributed by atoms with Gasteiger partial charge in [-0.2, -0.15) is 11.8 Å². The van der Waals surface area contributed by atoms with Gasteiger partial charge in [-0.3, -0.25) is 0 Å². The van der Waals surface area contributed by atoms with E-state index in [0.29, 0.717) is 0 Å². The summed E-state index contributed by atoms with van der Waals surface area (Å²) in [5.41, 5.74) is 0.881.